The summed E-state index contributed by atoms with van der Waals surface area (Å²) in [7, 11) is 1.57. The van der Waals surface area contributed by atoms with Gasteiger partial charge >= 0.3 is 0 Å². The van der Waals surface area contributed by atoms with Gasteiger partial charge in [-0.25, -0.2) is 0 Å². The molecule has 0 bridgehead atoms. The number of aromatic nitrogens is 1. The number of methoxy groups -OCH3 is 1. The summed E-state index contributed by atoms with van der Waals surface area (Å²) in [6, 6.07) is 16.9. The highest BCUT2D eigenvalue weighted by Gasteiger charge is 2.32. The Morgan fingerprint density at radius 3 is 2.57 bits per heavy atom. The van der Waals surface area contributed by atoms with Crippen LogP contribution in [0.2, 0.25) is 0 Å². The predicted molar refractivity (Wildman–Crippen MR) is 117 cm³/mol. The lowest BCUT2D eigenvalue weighted by Gasteiger charge is -2.14. The summed E-state index contributed by atoms with van der Waals surface area (Å²) in [5.74, 6) is 0.381. The quantitative estimate of drug-likeness (QED) is 0.293. The van der Waals surface area contributed by atoms with Crippen LogP contribution in [-0.4, -0.2) is 27.6 Å². The van der Waals surface area contributed by atoms with Crippen molar-refractivity contribution < 1.29 is 14.5 Å². The summed E-state index contributed by atoms with van der Waals surface area (Å²) in [6.45, 7) is 0. The molecule has 3 aromatic rings. The molecule has 1 saturated heterocycles. The summed E-state index contributed by atoms with van der Waals surface area (Å²) in [5, 5.41) is 14.3. The number of carbonyl (C=O) groups is 1. The van der Waals surface area contributed by atoms with Crippen LogP contribution in [0.3, 0.4) is 0 Å². The van der Waals surface area contributed by atoms with Crippen LogP contribution in [0.5, 0.6) is 5.75 Å². The summed E-state index contributed by atoms with van der Waals surface area (Å²) < 4.78 is 6.90. The topological polar surface area (TPSA) is 89.6 Å². The number of ether oxygens (including phenoxy) is 1. The zero-order valence-electron chi connectivity index (χ0n) is 15.8. The number of benzene rings is 2. The maximum Gasteiger partial charge on any atom is 0.281 e. The number of hydrogen-bond donors (Lipinski definition) is 1. The standard InChI is InChI=1S/C21H16N4O4S/c1-29-18-9-7-14(8-10-18)24-20(26)19(22-21(24)30)13-16-6-3-11-23(16)15-4-2-5-17(12-15)25(27)28/h2-13H,1H3,(H,22,30)/b19-13-. The molecular formula is C21H16N4O4S. The van der Waals surface area contributed by atoms with Crippen LogP contribution >= 0.6 is 12.2 Å². The summed E-state index contributed by atoms with van der Waals surface area (Å²) in [5.41, 5.74) is 2.20. The van der Waals surface area contributed by atoms with Crippen molar-refractivity contribution in [2.24, 2.45) is 0 Å². The Balaban J connectivity index is 1.66. The molecule has 0 saturated carbocycles. The van der Waals surface area contributed by atoms with Crippen LogP contribution in [-0.2, 0) is 4.79 Å². The van der Waals surface area contributed by atoms with Gasteiger partial charge in [-0.15, -0.1) is 0 Å². The maximum absolute atomic E-state index is 13.0. The molecule has 2 heterocycles. The van der Waals surface area contributed by atoms with E-state index in [1.54, 1.807) is 72.5 Å². The second-order valence-electron chi connectivity index (χ2n) is 6.41. The lowest BCUT2D eigenvalue weighted by molar-refractivity contribution is -0.384. The summed E-state index contributed by atoms with van der Waals surface area (Å²) >= 11 is 5.35. The largest absolute Gasteiger partial charge is 0.497 e. The van der Waals surface area contributed by atoms with Gasteiger partial charge in [0.05, 0.1) is 23.4 Å². The van der Waals surface area contributed by atoms with Crippen LogP contribution in [0.15, 0.2) is 72.6 Å². The molecule has 150 valence electrons. The minimum atomic E-state index is -0.446. The molecule has 0 spiro atoms. The third kappa shape index (κ3) is 3.53. The number of nitrogens with zero attached hydrogens (tertiary/aromatic N) is 3. The van der Waals surface area contributed by atoms with Crippen LogP contribution in [0.25, 0.3) is 11.8 Å². The van der Waals surface area contributed by atoms with Crippen molar-refractivity contribution in [1.29, 1.82) is 0 Å². The van der Waals surface area contributed by atoms with Crippen molar-refractivity contribution in [3.8, 4) is 11.4 Å². The summed E-state index contributed by atoms with van der Waals surface area (Å²) in [6.07, 6.45) is 3.43. The van der Waals surface area contributed by atoms with Gasteiger partial charge in [-0.3, -0.25) is 19.8 Å². The van der Waals surface area contributed by atoms with E-state index >= 15 is 0 Å². The molecule has 0 atom stereocenters. The Morgan fingerprint density at radius 2 is 1.87 bits per heavy atom. The zero-order valence-corrected chi connectivity index (χ0v) is 16.6. The SMILES string of the molecule is COc1ccc(N2C(=O)/C(=C/c3cccn3-c3cccc([N+](=O)[O-])c3)NC2=S)cc1. The van der Waals surface area contributed by atoms with Gasteiger partial charge in [0.15, 0.2) is 5.11 Å². The first-order chi connectivity index (χ1) is 14.5. The number of carbonyl (C=O) groups excluding carboxylic acids is 1. The Hall–Kier alpha value is -3.98. The molecule has 2 aromatic carbocycles. The molecule has 1 amide bonds. The van der Waals surface area contributed by atoms with E-state index in [1.165, 1.54) is 17.0 Å². The van der Waals surface area contributed by atoms with E-state index in [-0.39, 0.29) is 16.7 Å². The molecule has 1 N–H and O–H groups in total. The molecule has 0 unspecified atom stereocenters. The highest BCUT2D eigenvalue weighted by molar-refractivity contribution is 7.80. The third-order valence-electron chi connectivity index (χ3n) is 4.60. The fourth-order valence-corrected chi connectivity index (χ4v) is 3.45. The van der Waals surface area contributed by atoms with E-state index in [9.17, 15) is 14.9 Å². The molecule has 0 aliphatic carbocycles. The van der Waals surface area contributed by atoms with E-state index in [2.05, 4.69) is 5.32 Å². The van der Waals surface area contributed by atoms with Crippen LogP contribution in [0.1, 0.15) is 5.69 Å². The molecule has 9 heteroatoms. The molecule has 8 nitrogen and oxygen atoms in total. The van der Waals surface area contributed by atoms with E-state index in [4.69, 9.17) is 17.0 Å². The second kappa shape index (κ2) is 7.80. The second-order valence-corrected chi connectivity index (χ2v) is 6.79. The van der Waals surface area contributed by atoms with Gasteiger partial charge in [0.2, 0.25) is 0 Å². The van der Waals surface area contributed by atoms with Gasteiger partial charge in [-0.05, 0) is 60.8 Å². The average Bonchev–Trinajstić information content (AvgIpc) is 3.32. The zero-order chi connectivity index (χ0) is 21.3. The Morgan fingerprint density at radius 1 is 1.10 bits per heavy atom. The molecule has 4 rings (SSSR count). The molecule has 30 heavy (non-hydrogen) atoms. The fourth-order valence-electron chi connectivity index (χ4n) is 3.15. The first-order valence-corrected chi connectivity index (χ1v) is 9.32. The Labute approximate surface area is 177 Å². The van der Waals surface area contributed by atoms with Gasteiger partial charge in [-0.1, -0.05) is 6.07 Å². The molecular weight excluding hydrogens is 404 g/mol. The van der Waals surface area contributed by atoms with Gasteiger partial charge in [0.25, 0.3) is 11.6 Å². The smallest absolute Gasteiger partial charge is 0.281 e. The van der Waals surface area contributed by atoms with E-state index in [0.29, 0.717) is 28.5 Å². The monoisotopic (exact) mass is 420 g/mol. The van der Waals surface area contributed by atoms with E-state index in [0.717, 1.165) is 0 Å². The molecule has 1 aromatic heterocycles. The molecule has 1 fully saturated rings. The number of nitro groups is 1. The highest BCUT2D eigenvalue weighted by Crippen LogP contribution is 2.26. The minimum absolute atomic E-state index is 0.0123. The molecule has 0 radical (unpaired) electrons. The van der Waals surface area contributed by atoms with Gasteiger partial charge in [0.1, 0.15) is 11.4 Å². The first kappa shape index (κ1) is 19.3. The van der Waals surface area contributed by atoms with Gasteiger partial charge in [0, 0.05) is 24.0 Å². The van der Waals surface area contributed by atoms with E-state index in [1.807, 2.05) is 0 Å². The number of non-ortho nitro benzene ring substituents is 1. The van der Waals surface area contributed by atoms with Crippen molar-refractivity contribution in [3.63, 3.8) is 0 Å². The number of rotatable bonds is 5. The minimum Gasteiger partial charge on any atom is -0.497 e. The van der Waals surface area contributed by atoms with Gasteiger partial charge < -0.3 is 14.6 Å². The van der Waals surface area contributed by atoms with Crippen LogP contribution in [0.4, 0.5) is 11.4 Å². The summed E-state index contributed by atoms with van der Waals surface area (Å²) in [4.78, 5) is 25.0. The van der Waals surface area contributed by atoms with Crippen LogP contribution in [0, 0.1) is 10.1 Å². The first-order valence-electron chi connectivity index (χ1n) is 8.91. The number of nitro benzene ring substituents is 1. The highest BCUT2D eigenvalue weighted by atomic mass is 32.1. The maximum atomic E-state index is 13.0. The van der Waals surface area contributed by atoms with Crippen molar-refractivity contribution >= 4 is 40.7 Å². The van der Waals surface area contributed by atoms with Crippen molar-refractivity contribution in [2.45, 2.75) is 0 Å². The third-order valence-corrected chi connectivity index (χ3v) is 4.88. The Bertz CT molecular complexity index is 1180. The number of thiocarbonyl (C=S) groups is 1. The van der Waals surface area contributed by atoms with E-state index < -0.39 is 4.92 Å². The van der Waals surface area contributed by atoms with Crippen molar-refractivity contribution in [1.82, 2.24) is 9.88 Å². The normalized spacial score (nSPS) is 14.8. The predicted octanol–water partition coefficient (Wildman–Crippen LogP) is 3.66. The van der Waals surface area contributed by atoms with Gasteiger partial charge in [-0.2, -0.15) is 0 Å². The van der Waals surface area contributed by atoms with Crippen LogP contribution < -0.4 is 15.0 Å². The molecule has 1 aliphatic rings. The Kier molecular flexibility index (Phi) is 5.03. The molecule has 1 aliphatic heterocycles. The number of amides is 1. The average molecular weight is 420 g/mol. The lowest BCUT2D eigenvalue weighted by Crippen LogP contribution is -2.30. The van der Waals surface area contributed by atoms with Crippen molar-refractivity contribution in [3.05, 3.63) is 88.4 Å². The number of anilines is 1. The van der Waals surface area contributed by atoms with Crippen molar-refractivity contribution in [2.75, 3.05) is 12.0 Å². The lowest BCUT2D eigenvalue weighted by atomic mass is 10.2. The fraction of sp³-hybridized carbons (Fsp3) is 0.0476. The number of hydrogen-bond acceptors (Lipinski definition) is 5. The number of nitrogens with one attached hydrogen (secondary N) is 1.